The number of morpholine rings is 1. The highest BCUT2D eigenvalue weighted by atomic mass is 32.1. The first-order valence-electron chi connectivity index (χ1n) is 6.69. The minimum atomic E-state index is -0.0544. The maximum Gasteiger partial charge on any atom is 0.120 e. The monoisotopic (exact) mass is 272 g/mol. The summed E-state index contributed by atoms with van der Waals surface area (Å²) in [7, 11) is 2.19. The van der Waals surface area contributed by atoms with E-state index in [4.69, 9.17) is 22.7 Å². The summed E-state index contributed by atoms with van der Waals surface area (Å²) in [6, 6.07) is 0. The van der Waals surface area contributed by atoms with Gasteiger partial charge >= 0.3 is 0 Å². The van der Waals surface area contributed by atoms with E-state index in [0.717, 1.165) is 32.8 Å². The number of nitrogens with zero attached hydrogens (tertiary/aromatic N) is 3. The third-order valence-electron chi connectivity index (χ3n) is 3.80. The van der Waals surface area contributed by atoms with Crippen LogP contribution in [-0.4, -0.2) is 91.8 Å². The Kier molecular flexibility index (Phi) is 5.32. The molecule has 0 aromatic rings. The van der Waals surface area contributed by atoms with Crippen LogP contribution in [0.4, 0.5) is 0 Å². The van der Waals surface area contributed by atoms with Crippen molar-refractivity contribution in [1.82, 2.24) is 14.7 Å². The number of hydrogen-bond acceptors (Lipinski definition) is 5. The quantitative estimate of drug-likeness (QED) is 0.678. The van der Waals surface area contributed by atoms with E-state index in [-0.39, 0.29) is 6.10 Å². The van der Waals surface area contributed by atoms with E-state index in [2.05, 4.69) is 21.7 Å². The summed E-state index contributed by atoms with van der Waals surface area (Å²) in [5, 5.41) is 0. The van der Waals surface area contributed by atoms with Gasteiger partial charge in [-0.25, -0.2) is 0 Å². The lowest BCUT2D eigenvalue weighted by molar-refractivity contribution is 0.00247. The second-order valence-electron chi connectivity index (χ2n) is 5.21. The first-order chi connectivity index (χ1) is 8.65. The van der Waals surface area contributed by atoms with Crippen LogP contribution in [0, 0.1) is 0 Å². The lowest BCUT2D eigenvalue weighted by atomic mass is 10.2. The van der Waals surface area contributed by atoms with Crippen molar-refractivity contribution in [3.63, 3.8) is 0 Å². The standard InChI is InChI=1S/C12H24N4OS/c1-14-2-4-15(5-3-14)6-7-16-8-9-17-11(10-16)12(13)18/h11H,2-10H2,1H3,(H2,13,18). The molecule has 18 heavy (non-hydrogen) atoms. The fraction of sp³-hybridized carbons (Fsp3) is 0.917. The van der Waals surface area contributed by atoms with Crippen LogP contribution in [-0.2, 0) is 4.74 Å². The molecular weight excluding hydrogens is 248 g/mol. The number of ether oxygens (including phenoxy) is 1. The Bertz CT molecular complexity index is 281. The van der Waals surface area contributed by atoms with Crippen LogP contribution < -0.4 is 5.73 Å². The van der Waals surface area contributed by atoms with Crippen LogP contribution in [0.2, 0.25) is 0 Å². The molecule has 0 saturated carbocycles. The van der Waals surface area contributed by atoms with Crippen molar-refractivity contribution in [2.24, 2.45) is 5.73 Å². The van der Waals surface area contributed by atoms with Gasteiger partial charge in [0.1, 0.15) is 11.1 Å². The fourth-order valence-electron chi connectivity index (χ4n) is 2.43. The zero-order valence-corrected chi connectivity index (χ0v) is 12.0. The molecule has 2 N–H and O–H groups in total. The third-order valence-corrected chi connectivity index (χ3v) is 4.06. The molecule has 6 heteroatoms. The Morgan fingerprint density at radius 1 is 1.17 bits per heavy atom. The highest BCUT2D eigenvalue weighted by Crippen LogP contribution is 2.06. The van der Waals surface area contributed by atoms with E-state index >= 15 is 0 Å². The SMILES string of the molecule is CN1CCN(CCN2CCOC(C(N)=S)C2)CC1. The van der Waals surface area contributed by atoms with E-state index in [0.29, 0.717) is 4.99 Å². The Hall–Kier alpha value is -0.270. The van der Waals surface area contributed by atoms with Gasteiger partial charge < -0.3 is 15.4 Å². The van der Waals surface area contributed by atoms with Gasteiger partial charge in [-0.3, -0.25) is 9.80 Å². The maximum absolute atomic E-state index is 5.65. The van der Waals surface area contributed by atoms with E-state index in [1.54, 1.807) is 0 Å². The minimum Gasteiger partial charge on any atom is -0.391 e. The molecule has 0 aromatic carbocycles. The van der Waals surface area contributed by atoms with Crippen LogP contribution >= 0.6 is 12.2 Å². The second kappa shape index (κ2) is 6.77. The van der Waals surface area contributed by atoms with Crippen LogP contribution in [0.15, 0.2) is 0 Å². The highest BCUT2D eigenvalue weighted by molar-refractivity contribution is 7.80. The molecule has 104 valence electrons. The molecule has 0 aromatic heterocycles. The molecule has 2 aliphatic heterocycles. The van der Waals surface area contributed by atoms with Crippen LogP contribution in [0.25, 0.3) is 0 Å². The van der Waals surface area contributed by atoms with Crippen molar-refractivity contribution in [3.8, 4) is 0 Å². The van der Waals surface area contributed by atoms with Gasteiger partial charge in [-0.1, -0.05) is 12.2 Å². The summed E-state index contributed by atoms with van der Waals surface area (Å²) in [6.45, 7) is 9.53. The molecule has 1 unspecified atom stereocenters. The molecule has 2 aliphatic rings. The molecule has 0 amide bonds. The first-order valence-corrected chi connectivity index (χ1v) is 7.10. The van der Waals surface area contributed by atoms with Gasteiger partial charge in [0.05, 0.1) is 6.61 Å². The highest BCUT2D eigenvalue weighted by Gasteiger charge is 2.23. The van der Waals surface area contributed by atoms with Crippen molar-refractivity contribution in [3.05, 3.63) is 0 Å². The van der Waals surface area contributed by atoms with E-state index < -0.39 is 0 Å². The van der Waals surface area contributed by atoms with Crippen LogP contribution in [0.1, 0.15) is 0 Å². The number of piperazine rings is 1. The average Bonchev–Trinajstić information content (AvgIpc) is 2.38. The van der Waals surface area contributed by atoms with Gasteiger partial charge in [-0.2, -0.15) is 0 Å². The molecule has 0 bridgehead atoms. The Balaban J connectivity index is 1.68. The van der Waals surface area contributed by atoms with Crippen molar-refractivity contribution < 1.29 is 4.74 Å². The Morgan fingerprint density at radius 3 is 2.50 bits per heavy atom. The molecular formula is C12H24N4OS. The molecule has 0 spiro atoms. The minimum absolute atomic E-state index is 0.0544. The smallest absolute Gasteiger partial charge is 0.120 e. The van der Waals surface area contributed by atoms with Gasteiger partial charge in [0.25, 0.3) is 0 Å². The Labute approximate surface area is 115 Å². The van der Waals surface area contributed by atoms with Crippen LogP contribution in [0.5, 0.6) is 0 Å². The maximum atomic E-state index is 5.65. The lowest BCUT2D eigenvalue weighted by Crippen LogP contribution is -2.51. The molecule has 0 radical (unpaired) electrons. The largest absolute Gasteiger partial charge is 0.391 e. The summed E-state index contributed by atoms with van der Waals surface area (Å²) in [4.78, 5) is 7.81. The summed E-state index contributed by atoms with van der Waals surface area (Å²) >= 11 is 5.00. The number of thiocarbonyl (C=S) groups is 1. The third kappa shape index (κ3) is 4.13. The van der Waals surface area contributed by atoms with E-state index in [1.807, 2.05) is 0 Å². The normalized spacial score (nSPS) is 28.4. The van der Waals surface area contributed by atoms with E-state index in [1.165, 1.54) is 26.2 Å². The zero-order valence-electron chi connectivity index (χ0n) is 11.2. The van der Waals surface area contributed by atoms with Gasteiger partial charge in [0, 0.05) is 52.4 Å². The summed E-state index contributed by atoms with van der Waals surface area (Å²) in [5.41, 5.74) is 5.65. The predicted molar refractivity (Wildman–Crippen MR) is 76.9 cm³/mol. The van der Waals surface area contributed by atoms with Gasteiger partial charge in [0.15, 0.2) is 0 Å². The average molecular weight is 272 g/mol. The number of likely N-dealkylation sites (N-methyl/N-ethyl adjacent to an activating group) is 1. The molecule has 2 fully saturated rings. The summed E-state index contributed by atoms with van der Waals surface area (Å²) in [6.07, 6.45) is -0.0544. The molecule has 2 rings (SSSR count). The first kappa shape index (κ1) is 14.1. The van der Waals surface area contributed by atoms with Crippen molar-refractivity contribution in [2.45, 2.75) is 6.10 Å². The van der Waals surface area contributed by atoms with Crippen LogP contribution in [0.3, 0.4) is 0 Å². The van der Waals surface area contributed by atoms with Gasteiger partial charge in [0.2, 0.25) is 0 Å². The molecule has 1 atom stereocenters. The topological polar surface area (TPSA) is 45.0 Å². The number of rotatable bonds is 4. The second-order valence-corrected chi connectivity index (χ2v) is 5.68. The molecule has 2 heterocycles. The fourth-order valence-corrected chi connectivity index (χ4v) is 2.57. The lowest BCUT2D eigenvalue weighted by Gasteiger charge is -2.36. The predicted octanol–water partition coefficient (Wildman–Crippen LogP) is -0.779. The summed E-state index contributed by atoms with van der Waals surface area (Å²) < 4.78 is 5.55. The van der Waals surface area contributed by atoms with E-state index in [9.17, 15) is 0 Å². The number of nitrogens with two attached hydrogens (primary N) is 1. The van der Waals surface area contributed by atoms with Gasteiger partial charge in [-0.15, -0.1) is 0 Å². The molecule has 5 nitrogen and oxygen atoms in total. The molecule has 2 saturated heterocycles. The Morgan fingerprint density at radius 2 is 1.83 bits per heavy atom. The van der Waals surface area contributed by atoms with Crippen molar-refractivity contribution in [1.29, 1.82) is 0 Å². The van der Waals surface area contributed by atoms with Crippen molar-refractivity contribution in [2.75, 3.05) is 66.0 Å². The summed E-state index contributed by atoms with van der Waals surface area (Å²) in [5.74, 6) is 0. The zero-order chi connectivity index (χ0) is 13.0. The van der Waals surface area contributed by atoms with Gasteiger partial charge in [-0.05, 0) is 7.05 Å². The molecule has 0 aliphatic carbocycles. The number of hydrogen-bond donors (Lipinski definition) is 1. The van der Waals surface area contributed by atoms with Crippen molar-refractivity contribution >= 4 is 17.2 Å².